The summed E-state index contributed by atoms with van der Waals surface area (Å²) in [5.74, 6) is 4.66. The Morgan fingerprint density at radius 2 is 1.41 bits per heavy atom. The van der Waals surface area contributed by atoms with Gasteiger partial charge in [-0.05, 0) is 87.4 Å². The van der Waals surface area contributed by atoms with Crippen molar-refractivity contribution in [1.82, 2.24) is 0 Å². The normalized spacial score (nSPS) is 40.4. The molecule has 0 radical (unpaired) electrons. The van der Waals surface area contributed by atoms with E-state index in [4.69, 9.17) is 0 Å². The van der Waals surface area contributed by atoms with Crippen molar-refractivity contribution >= 4 is 0 Å². The second-order valence-corrected chi connectivity index (χ2v) is 10.5. The van der Waals surface area contributed by atoms with Crippen molar-refractivity contribution in [2.45, 2.75) is 123 Å². The predicted octanol–water partition coefficient (Wildman–Crippen LogP) is 8.29. The molecule has 3 saturated carbocycles. The monoisotopic (exact) mass is 371 g/mol. The van der Waals surface area contributed by atoms with E-state index in [-0.39, 0.29) is 5.41 Å². The standard InChI is InChI=1S/C26H45N/c1-3-5-8-21-10-12-22(13-11-21)23-14-16-24(17-15-23)25-9-6-7-19-26(25,20-27)18-4-2/h21-25H,3-19H2,1-2H3/t21?,22?,23?,24?,25-,26-/m0/s1. The molecule has 154 valence electrons. The molecule has 0 bridgehead atoms. The largest absolute Gasteiger partial charge is 0.198 e. The molecule has 0 heterocycles. The van der Waals surface area contributed by atoms with Crippen LogP contribution in [0.1, 0.15) is 123 Å². The maximum atomic E-state index is 10.1. The highest BCUT2D eigenvalue weighted by Gasteiger charge is 2.45. The summed E-state index contributed by atoms with van der Waals surface area (Å²) in [6.07, 6.45) is 23.7. The number of rotatable bonds is 7. The summed E-state index contributed by atoms with van der Waals surface area (Å²) in [7, 11) is 0. The predicted molar refractivity (Wildman–Crippen MR) is 115 cm³/mol. The highest BCUT2D eigenvalue weighted by molar-refractivity contribution is 5.06. The number of unbranched alkanes of at least 4 members (excludes halogenated alkanes) is 1. The lowest BCUT2D eigenvalue weighted by Crippen LogP contribution is -2.39. The van der Waals surface area contributed by atoms with E-state index in [9.17, 15) is 5.26 Å². The van der Waals surface area contributed by atoms with Gasteiger partial charge in [0.2, 0.25) is 0 Å². The Morgan fingerprint density at radius 3 is 2.00 bits per heavy atom. The first-order valence-electron chi connectivity index (χ1n) is 12.6. The van der Waals surface area contributed by atoms with Gasteiger partial charge in [0, 0.05) is 0 Å². The van der Waals surface area contributed by atoms with Crippen LogP contribution in [0.4, 0.5) is 0 Å². The van der Waals surface area contributed by atoms with Crippen molar-refractivity contribution < 1.29 is 0 Å². The van der Waals surface area contributed by atoms with Crippen LogP contribution in [0.5, 0.6) is 0 Å². The third kappa shape index (κ3) is 5.10. The minimum absolute atomic E-state index is 0.0296. The van der Waals surface area contributed by atoms with Crippen molar-refractivity contribution in [3.63, 3.8) is 0 Å². The Morgan fingerprint density at radius 1 is 0.778 bits per heavy atom. The van der Waals surface area contributed by atoms with Crippen LogP contribution in [0, 0.1) is 46.3 Å². The zero-order chi connectivity index (χ0) is 19.1. The van der Waals surface area contributed by atoms with Gasteiger partial charge in [-0.1, -0.05) is 65.2 Å². The van der Waals surface area contributed by atoms with E-state index in [0.29, 0.717) is 5.92 Å². The number of nitrogens with zero attached hydrogens (tertiary/aromatic N) is 1. The van der Waals surface area contributed by atoms with E-state index in [2.05, 4.69) is 19.9 Å². The molecule has 2 atom stereocenters. The first-order valence-corrected chi connectivity index (χ1v) is 12.6. The zero-order valence-corrected chi connectivity index (χ0v) is 18.4. The Hall–Kier alpha value is -0.510. The molecule has 0 aromatic carbocycles. The topological polar surface area (TPSA) is 23.8 Å². The summed E-state index contributed by atoms with van der Waals surface area (Å²) < 4.78 is 0. The van der Waals surface area contributed by atoms with E-state index in [1.54, 1.807) is 0 Å². The summed E-state index contributed by atoms with van der Waals surface area (Å²) in [5, 5.41) is 10.1. The third-order valence-corrected chi connectivity index (χ3v) is 8.93. The van der Waals surface area contributed by atoms with Crippen LogP contribution in [0.2, 0.25) is 0 Å². The molecule has 27 heavy (non-hydrogen) atoms. The molecule has 3 rings (SSSR count). The van der Waals surface area contributed by atoms with E-state index in [1.165, 1.54) is 103 Å². The second-order valence-electron chi connectivity index (χ2n) is 10.5. The smallest absolute Gasteiger partial charge is 0.0692 e. The minimum Gasteiger partial charge on any atom is -0.198 e. The molecule has 1 nitrogen and oxygen atoms in total. The SMILES string of the molecule is CCCCC1CCC(C2CCC([C@@H]3CCCC[C@]3(C#N)CCC)CC2)CC1. The second kappa shape index (κ2) is 10.3. The molecule has 0 aromatic rings. The fraction of sp³-hybridized carbons (Fsp3) is 0.962. The van der Waals surface area contributed by atoms with Gasteiger partial charge in [0.25, 0.3) is 0 Å². The molecule has 0 N–H and O–H groups in total. The van der Waals surface area contributed by atoms with Crippen molar-refractivity contribution in [3.05, 3.63) is 0 Å². The summed E-state index contributed by atoms with van der Waals surface area (Å²) in [6, 6.07) is 2.86. The van der Waals surface area contributed by atoms with E-state index in [1.807, 2.05) is 0 Å². The Balaban J connectivity index is 1.49. The van der Waals surface area contributed by atoms with E-state index < -0.39 is 0 Å². The Labute approximate surface area is 169 Å². The minimum atomic E-state index is 0.0296. The lowest BCUT2D eigenvalue weighted by Gasteiger charge is -2.46. The average Bonchev–Trinajstić information content (AvgIpc) is 2.73. The van der Waals surface area contributed by atoms with E-state index in [0.717, 1.165) is 30.1 Å². The molecule has 0 saturated heterocycles. The molecule has 1 heteroatoms. The summed E-state index contributed by atoms with van der Waals surface area (Å²) >= 11 is 0. The Kier molecular flexibility index (Phi) is 8.10. The van der Waals surface area contributed by atoms with Gasteiger partial charge in [0.1, 0.15) is 0 Å². The number of nitriles is 1. The maximum Gasteiger partial charge on any atom is 0.0692 e. The van der Waals surface area contributed by atoms with Crippen LogP contribution >= 0.6 is 0 Å². The molecule has 0 amide bonds. The zero-order valence-electron chi connectivity index (χ0n) is 18.4. The molecule has 0 aliphatic heterocycles. The molecular weight excluding hydrogens is 326 g/mol. The number of hydrogen-bond acceptors (Lipinski definition) is 1. The fourth-order valence-corrected chi connectivity index (χ4v) is 7.36. The lowest BCUT2D eigenvalue weighted by molar-refractivity contribution is 0.0459. The number of hydrogen-bond donors (Lipinski definition) is 0. The molecule has 3 aliphatic rings. The maximum absolute atomic E-state index is 10.1. The quantitative estimate of drug-likeness (QED) is 0.441. The van der Waals surface area contributed by atoms with Gasteiger partial charge in [-0.2, -0.15) is 5.26 Å². The average molecular weight is 372 g/mol. The van der Waals surface area contributed by atoms with Crippen LogP contribution in [0.15, 0.2) is 0 Å². The summed E-state index contributed by atoms with van der Waals surface area (Å²) in [4.78, 5) is 0. The first kappa shape index (κ1) is 21.2. The van der Waals surface area contributed by atoms with Crippen molar-refractivity contribution in [2.24, 2.45) is 35.0 Å². The lowest BCUT2D eigenvalue weighted by atomic mass is 9.57. The molecule has 3 fully saturated rings. The van der Waals surface area contributed by atoms with Gasteiger partial charge < -0.3 is 0 Å². The highest BCUT2D eigenvalue weighted by Crippen LogP contribution is 2.52. The summed E-state index contributed by atoms with van der Waals surface area (Å²) in [6.45, 7) is 4.61. The van der Waals surface area contributed by atoms with Crippen LogP contribution < -0.4 is 0 Å². The van der Waals surface area contributed by atoms with Gasteiger partial charge in [-0.15, -0.1) is 0 Å². The summed E-state index contributed by atoms with van der Waals surface area (Å²) in [5.41, 5.74) is 0.0296. The molecule has 0 aromatic heterocycles. The van der Waals surface area contributed by atoms with Crippen molar-refractivity contribution in [2.75, 3.05) is 0 Å². The third-order valence-electron chi connectivity index (χ3n) is 8.93. The van der Waals surface area contributed by atoms with Crippen molar-refractivity contribution in [1.29, 1.82) is 5.26 Å². The van der Waals surface area contributed by atoms with Gasteiger partial charge in [-0.25, -0.2) is 0 Å². The molecule has 3 aliphatic carbocycles. The first-order chi connectivity index (χ1) is 13.2. The highest BCUT2D eigenvalue weighted by atomic mass is 14.5. The van der Waals surface area contributed by atoms with Crippen molar-refractivity contribution in [3.8, 4) is 6.07 Å². The van der Waals surface area contributed by atoms with Gasteiger partial charge >= 0.3 is 0 Å². The van der Waals surface area contributed by atoms with Crippen LogP contribution in [-0.2, 0) is 0 Å². The molecule has 0 spiro atoms. The van der Waals surface area contributed by atoms with Gasteiger partial charge in [0.05, 0.1) is 11.5 Å². The van der Waals surface area contributed by atoms with Gasteiger partial charge in [-0.3, -0.25) is 0 Å². The molecular formula is C26H45N. The van der Waals surface area contributed by atoms with Crippen LogP contribution in [0.25, 0.3) is 0 Å². The van der Waals surface area contributed by atoms with Crippen LogP contribution in [-0.4, -0.2) is 0 Å². The van der Waals surface area contributed by atoms with E-state index >= 15 is 0 Å². The Bertz CT molecular complexity index is 457. The molecule has 0 unspecified atom stereocenters. The fourth-order valence-electron chi connectivity index (χ4n) is 7.36. The van der Waals surface area contributed by atoms with Crippen LogP contribution in [0.3, 0.4) is 0 Å². The van der Waals surface area contributed by atoms with Gasteiger partial charge in [0.15, 0.2) is 0 Å².